The zero-order chi connectivity index (χ0) is 12.0. The summed E-state index contributed by atoms with van der Waals surface area (Å²) in [5, 5.41) is 14.0. The lowest BCUT2D eigenvalue weighted by molar-refractivity contribution is -0.380. The van der Waals surface area contributed by atoms with Gasteiger partial charge in [-0.3, -0.25) is 14.9 Å². The first-order valence-corrected chi connectivity index (χ1v) is 6.67. The molecule has 1 aromatic heterocycles. The van der Waals surface area contributed by atoms with E-state index in [1.54, 1.807) is 0 Å². The fraction of sp³-hybridized carbons (Fsp3) is 0.444. The molecule has 5 nitrogen and oxygen atoms in total. The Morgan fingerprint density at radius 1 is 1.50 bits per heavy atom. The average molecular weight is 307 g/mol. The number of carbonyl (C=O) groups is 1. The minimum absolute atomic E-state index is 0.00870. The van der Waals surface area contributed by atoms with Gasteiger partial charge in [0.15, 0.2) is 0 Å². The van der Waals surface area contributed by atoms with Crippen LogP contribution in [0.25, 0.3) is 0 Å². The summed E-state index contributed by atoms with van der Waals surface area (Å²) in [5.74, 6) is -0.243. The standard InChI is InChI=1S/C9H11BrN2O3S/c10-5-1-2-6-11-9(13)7-3-4-8(16-7)12(14)15/h3-4H,1-2,5-6H2,(H,11,13). The van der Waals surface area contributed by atoms with Crippen molar-refractivity contribution in [1.29, 1.82) is 0 Å². The van der Waals surface area contributed by atoms with Crippen molar-refractivity contribution < 1.29 is 9.72 Å². The minimum atomic E-state index is -0.494. The molecule has 1 rings (SSSR count). The normalized spacial score (nSPS) is 10.1. The van der Waals surface area contributed by atoms with Gasteiger partial charge in [0.2, 0.25) is 0 Å². The van der Waals surface area contributed by atoms with E-state index in [2.05, 4.69) is 21.2 Å². The van der Waals surface area contributed by atoms with Crippen LogP contribution >= 0.6 is 27.3 Å². The molecule has 0 atom stereocenters. The van der Waals surface area contributed by atoms with Gasteiger partial charge in [-0.2, -0.15) is 0 Å². The summed E-state index contributed by atoms with van der Waals surface area (Å²) < 4.78 is 0. The molecule has 0 aliphatic rings. The topological polar surface area (TPSA) is 72.2 Å². The number of unbranched alkanes of at least 4 members (excludes halogenated alkanes) is 1. The highest BCUT2D eigenvalue weighted by molar-refractivity contribution is 9.09. The summed E-state index contributed by atoms with van der Waals surface area (Å²) >= 11 is 4.19. The number of amides is 1. The molecule has 0 saturated carbocycles. The van der Waals surface area contributed by atoms with Crippen LogP contribution < -0.4 is 5.32 Å². The monoisotopic (exact) mass is 306 g/mol. The number of hydrogen-bond donors (Lipinski definition) is 1. The van der Waals surface area contributed by atoms with E-state index in [-0.39, 0.29) is 10.9 Å². The lowest BCUT2D eigenvalue weighted by atomic mass is 10.3. The van der Waals surface area contributed by atoms with Crippen LogP contribution in [-0.2, 0) is 0 Å². The van der Waals surface area contributed by atoms with Crippen LogP contribution in [0.3, 0.4) is 0 Å². The number of thiophene rings is 1. The van der Waals surface area contributed by atoms with E-state index in [0.717, 1.165) is 29.5 Å². The Labute approximate surface area is 105 Å². The van der Waals surface area contributed by atoms with E-state index < -0.39 is 4.92 Å². The number of carbonyl (C=O) groups excluding carboxylic acids is 1. The summed E-state index contributed by atoms with van der Waals surface area (Å²) in [4.78, 5) is 21.8. The third-order valence-corrected chi connectivity index (χ3v) is 3.44. The second-order valence-electron chi connectivity index (χ2n) is 3.05. The van der Waals surface area contributed by atoms with E-state index in [0.29, 0.717) is 11.4 Å². The molecule has 0 saturated heterocycles. The van der Waals surface area contributed by atoms with Gasteiger partial charge in [-0.15, -0.1) is 0 Å². The van der Waals surface area contributed by atoms with Gasteiger partial charge in [0, 0.05) is 17.9 Å². The van der Waals surface area contributed by atoms with Gasteiger partial charge in [-0.25, -0.2) is 0 Å². The van der Waals surface area contributed by atoms with E-state index in [1.165, 1.54) is 12.1 Å². The van der Waals surface area contributed by atoms with Gasteiger partial charge in [0.25, 0.3) is 5.91 Å². The van der Waals surface area contributed by atoms with Crippen molar-refractivity contribution >= 4 is 38.2 Å². The minimum Gasteiger partial charge on any atom is -0.351 e. The summed E-state index contributed by atoms with van der Waals surface area (Å²) in [6.45, 7) is 0.593. The lowest BCUT2D eigenvalue weighted by Crippen LogP contribution is -2.23. The third kappa shape index (κ3) is 3.90. The van der Waals surface area contributed by atoms with E-state index in [9.17, 15) is 14.9 Å². The lowest BCUT2D eigenvalue weighted by Gasteiger charge is -2.01. The second kappa shape index (κ2) is 6.59. The van der Waals surface area contributed by atoms with Crippen molar-refractivity contribution in [3.63, 3.8) is 0 Å². The number of nitrogens with zero attached hydrogens (tertiary/aromatic N) is 1. The van der Waals surface area contributed by atoms with Crippen LogP contribution in [0.1, 0.15) is 22.5 Å². The Balaban J connectivity index is 2.43. The number of nitrogens with one attached hydrogen (secondary N) is 1. The van der Waals surface area contributed by atoms with Crippen LogP contribution in [-0.4, -0.2) is 22.7 Å². The van der Waals surface area contributed by atoms with Gasteiger partial charge in [-0.05, 0) is 18.9 Å². The highest BCUT2D eigenvalue weighted by atomic mass is 79.9. The van der Waals surface area contributed by atoms with Crippen LogP contribution in [0.4, 0.5) is 5.00 Å². The molecular formula is C9H11BrN2O3S. The van der Waals surface area contributed by atoms with Crippen molar-refractivity contribution in [2.24, 2.45) is 0 Å². The fourth-order valence-corrected chi connectivity index (χ4v) is 2.19. The maximum Gasteiger partial charge on any atom is 0.324 e. The molecule has 7 heteroatoms. The number of halogens is 1. The third-order valence-electron chi connectivity index (χ3n) is 1.84. The quantitative estimate of drug-likeness (QED) is 0.380. The molecule has 0 radical (unpaired) electrons. The highest BCUT2D eigenvalue weighted by Crippen LogP contribution is 2.23. The molecule has 1 aromatic rings. The van der Waals surface area contributed by atoms with Crippen molar-refractivity contribution in [2.75, 3.05) is 11.9 Å². The molecule has 0 unspecified atom stereocenters. The molecule has 0 spiro atoms. The molecule has 0 fully saturated rings. The van der Waals surface area contributed by atoms with Crippen molar-refractivity contribution in [3.05, 3.63) is 27.1 Å². The Bertz CT molecular complexity index is 381. The summed E-state index contributed by atoms with van der Waals surface area (Å²) in [6, 6.07) is 2.82. The van der Waals surface area contributed by atoms with Crippen LogP contribution in [0.2, 0.25) is 0 Å². The summed E-state index contributed by atoms with van der Waals surface area (Å²) in [5.41, 5.74) is 0. The summed E-state index contributed by atoms with van der Waals surface area (Å²) in [7, 11) is 0. The molecule has 0 aliphatic heterocycles. The largest absolute Gasteiger partial charge is 0.351 e. The molecule has 1 amide bonds. The average Bonchev–Trinajstić information content (AvgIpc) is 2.73. The van der Waals surface area contributed by atoms with E-state index in [1.807, 2.05) is 0 Å². The Hall–Kier alpha value is -0.950. The predicted octanol–water partition coefficient (Wildman–Crippen LogP) is 2.56. The molecule has 0 bridgehead atoms. The molecule has 16 heavy (non-hydrogen) atoms. The van der Waals surface area contributed by atoms with Gasteiger partial charge in [0.05, 0.1) is 9.80 Å². The molecular weight excluding hydrogens is 296 g/mol. The maximum absolute atomic E-state index is 11.5. The Morgan fingerprint density at radius 3 is 2.81 bits per heavy atom. The first-order valence-electron chi connectivity index (χ1n) is 4.73. The first kappa shape index (κ1) is 13.1. The van der Waals surface area contributed by atoms with Crippen LogP contribution in [0, 0.1) is 10.1 Å². The molecule has 0 aliphatic carbocycles. The van der Waals surface area contributed by atoms with Crippen LogP contribution in [0.5, 0.6) is 0 Å². The van der Waals surface area contributed by atoms with Gasteiger partial charge < -0.3 is 5.32 Å². The van der Waals surface area contributed by atoms with Crippen LogP contribution in [0.15, 0.2) is 12.1 Å². The van der Waals surface area contributed by atoms with Gasteiger partial charge >= 0.3 is 5.00 Å². The number of alkyl halides is 1. The van der Waals surface area contributed by atoms with Crippen molar-refractivity contribution in [3.8, 4) is 0 Å². The smallest absolute Gasteiger partial charge is 0.324 e. The van der Waals surface area contributed by atoms with E-state index in [4.69, 9.17) is 0 Å². The number of rotatable bonds is 6. The molecule has 0 aromatic carbocycles. The highest BCUT2D eigenvalue weighted by Gasteiger charge is 2.14. The van der Waals surface area contributed by atoms with Crippen molar-refractivity contribution in [1.82, 2.24) is 5.32 Å². The Morgan fingerprint density at radius 2 is 2.25 bits per heavy atom. The second-order valence-corrected chi connectivity index (χ2v) is 4.90. The van der Waals surface area contributed by atoms with Crippen molar-refractivity contribution in [2.45, 2.75) is 12.8 Å². The SMILES string of the molecule is O=C(NCCCCBr)c1ccc([N+](=O)[O-])s1. The van der Waals surface area contributed by atoms with Gasteiger partial charge in [0.1, 0.15) is 0 Å². The number of nitro groups is 1. The summed E-state index contributed by atoms with van der Waals surface area (Å²) in [6.07, 6.45) is 1.88. The fourth-order valence-electron chi connectivity index (χ4n) is 1.06. The maximum atomic E-state index is 11.5. The molecule has 1 heterocycles. The first-order chi connectivity index (χ1) is 7.65. The number of hydrogen-bond acceptors (Lipinski definition) is 4. The molecule has 1 N–H and O–H groups in total. The predicted molar refractivity (Wildman–Crippen MR) is 66.3 cm³/mol. The molecule has 88 valence electrons. The zero-order valence-corrected chi connectivity index (χ0v) is 10.8. The van der Waals surface area contributed by atoms with Gasteiger partial charge in [-0.1, -0.05) is 27.3 Å². The zero-order valence-electron chi connectivity index (χ0n) is 8.44. The Kier molecular flexibility index (Phi) is 5.41. The van der Waals surface area contributed by atoms with E-state index >= 15 is 0 Å².